The number of benzene rings is 1. The molecule has 1 aliphatic carbocycles. The van der Waals surface area contributed by atoms with Gasteiger partial charge in [-0.05, 0) is 43.4 Å². The summed E-state index contributed by atoms with van der Waals surface area (Å²) in [6.07, 6.45) is 1.96. The summed E-state index contributed by atoms with van der Waals surface area (Å²) in [5, 5.41) is 0. The van der Waals surface area contributed by atoms with E-state index in [2.05, 4.69) is 0 Å². The highest BCUT2D eigenvalue weighted by molar-refractivity contribution is 5.40. The van der Waals surface area contributed by atoms with Crippen molar-refractivity contribution in [3.05, 3.63) is 34.6 Å². The van der Waals surface area contributed by atoms with Crippen LogP contribution in [0.3, 0.4) is 0 Å². The maximum atomic E-state index is 13.5. The molecule has 2 N–H and O–H groups in total. The molecule has 0 radical (unpaired) electrons. The largest absolute Gasteiger partial charge is 0.321 e. The van der Waals surface area contributed by atoms with Crippen LogP contribution in [-0.2, 0) is 5.54 Å². The average molecular weight is 179 g/mol. The Morgan fingerprint density at radius 2 is 1.92 bits per heavy atom. The van der Waals surface area contributed by atoms with Gasteiger partial charge in [-0.3, -0.25) is 0 Å². The molecule has 0 unspecified atom stereocenters. The Morgan fingerprint density at radius 3 is 2.46 bits per heavy atom. The summed E-state index contributed by atoms with van der Waals surface area (Å²) in [5.74, 6) is -0.103. The summed E-state index contributed by atoms with van der Waals surface area (Å²) < 4.78 is 13.5. The SMILES string of the molecule is Cc1ccc(C2(N)CC2)c(C)c1F. The average Bonchev–Trinajstić information content (AvgIpc) is 2.80. The predicted molar refractivity (Wildman–Crippen MR) is 51.0 cm³/mol. The van der Waals surface area contributed by atoms with Crippen molar-refractivity contribution in [1.29, 1.82) is 0 Å². The summed E-state index contributed by atoms with van der Waals surface area (Å²) in [6.45, 7) is 3.59. The summed E-state index contributed by atoms with van der Waals surface area (Å²) in [6, 6.07) is 3.77. The number of hydrogen-bond acceptors (Lipinski definition) is 1. The van der Waals surface area contributed by atoms with Crippen LogP contribution in [0.2, 0.25) is 0 Å². The number of nitrogens with two attached hydrogens (primary N) is 1. The maximum Gasteiger partial charge on any atom is 0.129 e. The number of aryl methyl sites for hydroxylation is 1. The molecule has 1 nitrogen and oxygen atoms in total. The minimum atomic E-state index is -0.224. The Kier molecular flexibility index (Phi) is 1.70. The fraction of sp³-hybridized carbons (Fsp3) is 0.455. The van der Waals surface area contributed by atoms with Crippen LogP contribution >= 0.6 is 0 Å². The van der Waals surface area contributed by atoms with E-state index in [1.807, 2.05) is 19.1 Å². The van der Waals surface area contributed by atoms with Gasteiger partial charge in [0.15, 0.2) is 0 Å². The van der Waals surface area contributed by atoms with E-state index in [1.54, 1.807) is 6.92 Å². The second-order valence-electron chi connectivity index (χ2n) is 4.03. The smallest absolute Gasteiger partial charge is 0.129 e. The van der Waals surface area contributed by atoms with Gasteiger partial charge in [-0.15, -0.1) is 0 Å². The molecule has 2 heteroatoms. The molecule has 0 aliphatic heterocycles. The van der Waals surface area contributed by atoms with Crippen molar-refractivity contribution >= 4 is 0 Å². The van der Waals surface area contributed by atoms with Crippen molar-refractivity contribution < 1.29 is 4.39 Å². The fourth-order valence-corrected chi connectivity index (χ4v) is 1.76. The Hall–Kier alpha value is -0.890. The van der Waals surface area contributed by atoms with Gasteiger partial charge in [0.1, 0.15) is 5.82 Å². The molecule has 0 saturated heterocycles. The fourth-order valence-electron chi connectivity index (χ4n) is 1.76. The normalized spacial score (nSPS) is 18.8. The van der Waals surface area contributed by atoms with Crippen molar-refractivity contribution in [2.75, 3.05) is 0 Å². The molecule has 1 aliphatic rings. The third kappa shape index (κ3) is 1.25. The molecule has 0 amide bonds. The number of halogens is 1. The van der Waals surface area contributed by atoms with Gasteiger partial charge < -0.3 is 5.73 Å². The van der Waals surface area contributed by atoms with Crippen LogP contribution in [0.5, 0.6) is 0 Å². The van der Waals surface area contributed by atoms with Gasteiger partial charge in [0.2, 0.25) is 0 Å². The van der Waals surface area contributed by atoms with Crippen molar-refractivity contribution in [1.82, 2.24) is 0 Å². The van der Waals surface area contributed by atoms with Gasteiger partial charge in [0.05, 0.1) is 0 Å². The number of hydrogen-bond donors (Lipinski definition) is 1. The van der Waals surface area contributed by atoms with E-state index >= 15 is 0 Å². The first-order valence-electron chi connectivity index (χ1n) is 4.60. The van der Waals surface area contributed by atoms with Crippen LogP contribution in [0.25, 0.3) is 0 Å². The summed E-state index contributed by atoms with van der Waals surface area (Å²) in [4.78, 5) is 0. The molecule has 0 heterocycles. The molecule has 0 aromatic heterocycles. The first-order chi connectivity index (χ1) is 6.04. The quantitative estimate of drug-likeness (QED) is 0.703. The van der Waals surface area contributed by atoms with E-state index in [9.17, 15) is 4.39 Å². The zero-order valence-electron chi connectivity index (χ0n) is 8.02. The van der Waals surface area contributed by atoms with E-state index in [1.165, 1.54) is 0 Å². The second-order valence-corrected chi connectivity index (χ2v) is 4.03. The summed E-state index contributed by atoms with van der Waals surface area (Å²) in [5.41, 5.74) is 8.20. The minimum Gasteiger partial charge on any atom is -0.321 e. The molecular formula is C11H14FN. The van der Waals surface area contributed by atoms with E-state index in [4.69, 9.17) is 5.73 Å². The van der Waals surface area contributed by atoms with Gasteiger partial charge in [0, 0.05) is 5.54 Å². The predicted octanol–water partition coefficient (Wildman–Crippen LogP) is 2.39. The van der Waals surface area contributed by atoms with Crippen LogP contribution in [-0.4, -0.2) is 0 Å². The van der Waals surface area contributed by atoms with Crippen LogP contribution in [0.4, 0.5) is 4.39 Å². The van der Waals surface area contributed by atoms with Gasteiger partial charge in [-0.1, -0.05) is 12.1 Å². The first kappa shape index (κ1) is 8.70. The molecule has 0 atom stereocenters. The van der Waals surface area contributed by atoms with Crippen molar-refractivity contribution in [2.24, 2.45) is 5.73 Å². The van der Waals surface area contributed by atoms with Gasteiger partial charge in [0.25, 0.3) is 0 Å². The lowest BCUT2D eigenvalue weighted by Crippen LogP contribution is -2.20. The lowest BCUT2D eigenvalue weighted by molar-refractivity contribution is 0.598. The van der Waals surface area contributed by atoms with E-state index in [0.717, 1.165) is 24.0 Å². The van der Waals surface area contributed by atoms with Crippen molar-refractivity contribution in [2.45, 2.75) is 32.2 Å². The van der Waals surface area contributed by atoms with E-state index < -0.39 is 0 Å². The molecule has 1 fully saturated rings. The molecule has 1 saturated carbocycles. The zero-order chi connectivity index (χ0) is 9.64. The molecule has 0 spiro atoms. The van der Waals surface area contributed by atoms with E-state index in [-0.39, 0.29) is 11.4 Å². The van der Waals surface area contributed by atoms with Gasteiger partial charge in [-0.25, -0.2) is 4.39 Å². The van der Waals surface area contributed by atoms with Crippen LogP contribution in [0.15, 0.2) is 12.1 Å². The zero-order valence-corrected chi connectivity index (χ0v) is 8.02. The summed E-state index contributed by atoms with van der Waals surface area (Å²) in [7, 11) is 0. The molecular weight excluding hydrogens is 165 g/mol. The minimum absolute atomic E-state index is 0.103. The van der Waals surface area contributed by atoms with Gasteiger partial charge >= 0.3 is 0 Å². The Balaban J connectivity index is 2.54. The van der Waals surface area contributed by atoms with Crippen molar-refractivity contribution in [3.63, 3.8) is 0 Å². The van der Waals surface area contributed by atoms with Crippen molar-refractivity contribution in [3.8, 4) is 0 Å². The Bertz CT molecular complexity index is 353. The standard InChI is InChI=1S/C11H14FN/c1-7-3-4-9(8(2)10(7)12)11(13)5-6-11/h3-4H,5-6,13H2,1-2H3. The molecule has 70 valence electrons. The topological polar surface area (TPSA) is 26.0 Å². The Morgan fingerprint density at radius 1 is 1.31 bits per heavy atom. The second kappa shape index (κ2) is 2.55. The highest BCUT2D eigenvalue weighted by Crippen LogP contribution is 2.44. The van der Waals surface area contributed by atoms with Crippen LogP contribution < -0.4 is 5.73 Å². The maximum absolute atomic E-state index is 13.5. The monoisotopic (exact) mass is 179 g/mol. The lowest BCUT2D eigenvalue weighted by atomic mass is 9.97. The molecule has 2 rings (SSSR count). The van der Waals surface area contributed by atoms with Gasteiger partial charge in [-0.2, -0.15) is 0 Å². The van der Waals surface area contributed by atoms with Crippen LogP contribution in [0, 0.1) is 19.7 Å². The number of rotatable bonds is 1. The van der Waals surface area contributed by atoms with Crippen LogP contribution in [0.1, 0.15) is 29.5 Å². The Labute approximate surface area is 77.8 Å². The molecule has 1 aromatic carbocycles. The first-order valence-corrected chi connectivity index (χ1v) is 4.60. The van der Waals surface area contributed by atoms with E-state index in [0.29, 0.717) is 5.56 Å². The molecule has 1 aromatic rings. The third-order valence-electron chi connectivity index (χ3n) is 2.90. The lowest BCUT2D eigenvalue weighted by Gasteiger charge is -2.14. The third-order valence-corrected chi connectivity index (χ3v) is 2.90. The summed E-state index contributed by atoms with van der Waals surface area (Å²) >= 11 is 0. The molecule has 0 bridgehead atoms. The molecule has 13 heavy (non-hydrogen) atoms. The highest BCUT2D eigenvalue weighted by Gasteiger charge is 2.41. The highest BCUT2D eigenvalue weighted by atomic mass is 19.1.